The summed E-state index contributed by atoms with van der Waals surface area (Å²) in [5, 5.41) is 3.22. The summed E-state index contributed by atoms with van der Waals surface area (Å²) in [5.74, 6) is 0.970. The van der Waals surface area contributed by atoms with Gasteiger partial charge in [0.1, 0.15) is 5.75 Å². The van der Waals surface area contributed by atoms with E-state index >= 15 is 0 Å². The van der Waals surface area contributed by atoms with Gasteiger partial charge in [0.05, 0.1) is 18.7 Å². The van der Waals surface area contributed by atoms with Crippen LogP contribution in [0.4, 0.5) is 5.69 Å². The van der Waals surface area contributed by atoms with E-state index < -0.39 is 0 Å². The fourth-order valence-electron chi connectivity index (χ4n) is 2.26. The van der Waals surface area contributed by atoms with E-state index in [0.29, 0.717) is 19.1 Å². The fraction of sp³-hybridized carbons (Fsp3) is 0.533. The maximum absolute atomic E-state index is 12.2. The number of rotatable bonds is 5. The first kappa shape index (κ1) is 13.9. The number of amides is 1. The summed E-state index contributed by atoms with van der Waals surface area (Å²) >= 11 is 0. The molecule has 1 atom stereocenters. The molecule has 4 heteroatoms. The zero-order valence-corrected chi connectivity index (χ0v) is 11.7. The average Bonchev–Trinajstić information content (AvgIpc) is 2.58. The van der Waals surface area contributed by atoms with Gasteiger partial charge in [-0.05, 0) is 38.9 Å². The maximum Gasteiger partial charge on any atom is 0.230 e. The van der Waals surface area contributed by atoms with Crippen LogP contribution >= 0.6 is 0 Å². The molecular weight excluding hydrogens is 240 g/mol. The highest BCUT2D eigenvalue weighted by Crippen LogP contribution is 2.31. The van der Waals surface area contributed by atoms with Gasteiger partial charge in [-0.2, -0.15) is 0 Å². The van der Waals surface area contributed by atoms with Crippen molar-refractivity contribution in [3.8, 4) is 5.75 Å². The van der Waals surface area contributed by atoms with Gasteiger partial charge in [-0.25, -0.2) is 0 Å². The third kappa shape index (κ3) is 3.47. The van der Waals surface area contributed by atoms with Crippen LogP contribution in [0.3, 0.4) is 0 Å². The summed E-state index contributed by atoms with van der Waals surface area (Å²) in [6.45, 7) is 3.38. The third-order valence-electron chi connectivity index (χ3n) is 3.54. The third-order valence-corrected chi connectivity index (χ3v) is 3.54. The number of nitrogens with zero attached hydrogens (tertiary/aromatic N) is 1. The molecule has 0 saturated heterocycles. The summed E-state index contributed by atoms with van der Waals surface area (Å²) < 4.78 is 5.62. The van der Waals surface area contributed by atoms with Gasteiger partial charge in [0.2, 0.25) is 5.91 Å². The minimum Gasteiger partial charge on any atom is -0.491 e. The molecule has 104 valence electrons. The van der Waals surface area contributed by atoms with Gasteiger partial charge >= 0.3 is 0 Å². The number of carbonyl (C=O) groups excluding carboxylic acids is 1. The van der Waals surface area contributed by atoms with E-state index in [1.165, 1.54) is 0 Å². The number of para-hydroxylation sites is 2. The number of benzene rings is 1. The number of hydrogen-bond donors (Lipinski definition) is 1. The number of nitrogens with one attached hydrogen (secondary N) is 1. The van der Waals surface area contributed by atoms with Crippen molar-refractivity contribution in [1.82, 2.24) is 5.32 Å². The Kier molecular flexibility index (Phi) is 4.80. The monoisotopic (exact) mass is 262 g/mol. The van der Waals surface area contributed by atoms with Gasteiger partial charge in [0.15, 0.2) is 0 Å². The molecule has 1 aliphatic rings. The molecule has 1 amide bonds. The molecular formula is C15H22N2O2. The molecule has 0 spiro atoms. The molecule has 0 aliphatic carbocycles. The zero-order chi connectivity index (χ0) is 13.7. The summed E-state index contributed by atoms with van der Waals surface area (Å²) in [7, 11) is 1.96. The highest BCUT2D eigenvalue weighted by Gasteiger charge is 2.22. The number of carbonyl (C=O) groups is 1. The van der Waals surface area contributed by atoms with Crippen LogP contribution < -0.4 is 15.0 Å². The number of ether oxygens (including phenoxy) is 1. The maximum atomic E-state index is 12.2. The molecule has 1 unspecified atom stereocenters. The van der Waals surface area contributed by atoms with Gasteiger partial charge in [-0.1, -0.05) is 12.1 Å². The van der Waals surface area contributed by atoms with E-state index in [0.717, 1.165) is 30.8 Å². The van der Waals surface area contributed by atoms with Gasteiger partial charge in [0, 0.05) is 12.6 Å². The molecule has 1 N–H and O–H groups in total. The summed E-state index contributed by atoms with van der Waals surface area (Å²) in [5.41, 5.74) is 0.905. The molecule has 4 nitrogen and oxygen atoms in total. The van der Waals surface area contributed by atoms with Crippen molar-refractivity contribution < 1.29 is 9.53 Å². The van der Waals surface area contributed by atoms with E-state index in [-0.39, 0.29) is 5.91 Å². The smallest absolute Gasteiger partial charge is 0.230 e. The van der Waals surface area contributed by atoms with Gasteiger partial charge in [0.25, 0.3) is 0 Å². The second-order valence-electron chi connectivity index (χ2n) is 4.94. The van der Waals surface area contributed by atoms with Crippen molar-refractivity contribution in [2.45, 2.75) is 32.2 Å². The Morgan fingerprint density at radius 1 is 1.42 bits per heavy atom. The van der Waals surface area contributed by atoms with Gasteiger partial charge in [-0.3, -0.25) is 4.79 Å². The topological polar surface area (TPSA) is 41.6 Å². The predicted octanol–water partition coefficient (Wildman–Crippen LogP) is 2.19. The van der Waals surface area contributed by atoms with Gasteiger partial charge < -0.3 is 15.0 Å². The quantitative estimate of drug-likeness (QED) is 0.884. The van der Waals surface area contributed by atoms with Crippen LogP contribution in [0.5, 0.6) is 5.75 Å². The van der Waals surface area contributed by atoms with Crippen molar-refractivity contribution in [2.75, 3.05) is 25.1 Å². The van der Waals surface area contributed by atoms with Crippen molar-refractivity contribution >= 4 is 11.6 Å². The first-order valence-corrected chi connectivity index (χ1v) is 6.92. The molecule has 0 saturated carbocycles. The molecule has 0 aromatic heterocycles. The Balaban J connectivity index is 2.06. The fourth-order valence-corrected chi connectivity index (χ4v) is 2.26. The van der Waals surface area contributed by atoms with E-state index in [4.69, 9.17) is 4.74 Å². The van der Waals surface area contributed by atoms with Crippen LogP contribution in [-0.2, 0) is 4.79 Å². The number of anilines is 1. The number of fused-ring (bicyclic) bond motifs is 1. The Morgan fingerprint density at radius 2 is 2.21 bits per heavy atom. The lowest BCUT2D eigenvalue weighted by Gasteiger charge is -2.22. The van der Waals surface area contributed by atoms with E-state index in [1.54, 1.807) is 0 Å². The van der Waals surface area contributed by atoms with Crippen LogP contribution in [0, 0.1) is 0 Å². The Hall–Kier alpha value is -1.55. The minimum atomic E-state index is 0.155. The van der Waals surface area contributed by atoms with Crippen molar-refractivity contribution in [3.63, 3.8) is 0 Å². The van der Waals surface area contributed by atoms with E-state index in [9.17, 15) is 4.79 Å². The molecule has 1 aliphatic heterocycles. The molecule has 0 fully saturated rings. The van der Waals surface area contributed by atoms with Gasteiger partial charge in [-0.15, -0.1) is 0 Å². The lowest BCUT2D eigenvalue weighted by Crippen LogP contribution is -2.32. The molecule has 0 bridgehead atoms. The first-order valence-electron chi connectivity index (χ1n) is 6.92. The lowest BCUT2D eigenvalue weighted by atomic mass is 10.1. The van der Waals surface area contributed by atoms with Crippen LogP contribution in [-0.4, -0.2) is 32.1 Å². The van der Waals surface area contributed by atoms with Crippen LogP contribution in [0.2, 0.25) is 0 Å². The molecule has 1 aromatic carbocycles. The second-order valence-corrected chi connectivity index (χ2v) is 4.94. The minimum absolute atomic E-state index is 0.155. The molecule has 0 radical (unpaired) electrons. The van der Waals surface area contributed by atoms with E-state index in [2.05, 4.69) is 12.2 Å². The summed E-state index contributed by atoms with van der Waals surface area (Å²) in [4.78, 5) is 14.0. The van der Waals surface area contributed by atoms with Crippen LogP contribution in [0.1, 0.15) is 26.2 Å². The van der Waals surface area contributed by atoms with Crippen molar-refractivity contribution in [3.05, 3.63) is 24.3 Å². The predicted molar refractivity (Wildman–Crippen MR) is 76.7 cm³/mol. The van der Waals surface area contributed by atoms with Crippen LogP contribution in [0.25, 0.3) is 0 Å². The van der Waals surface area contributed by atoms with Crippen molar-refractivity contribution in [1.29, 1.82) is 0 Å². The highest BCUT2D eigenvalue weighted by molar-refractivity contribution is 5.95. The highest BCUT2D eigenvalue weighted by atomic mass is 16.5. The second kappa shape index (κ2) is 6.57. The Bertz CT molecular complexity index is 434. The molecule has 2 rings (SSSR count). The molecule has 19 heavy (non-hydrogen) atoms. The Labute approximate surface area is 114 Å². The van der Waals surface area contributed by atoms with Crippen LogP contribution in [0.15, 0.2) is 24.3 Å². The van der Waals surface area contributed by atoms with Crippen molar-refractivity contribution in [2.24, 2.45) is 0 Å². The largest absolute Gasteiger partial charge is 0.491 e. The molecule has 1 heterocycles. The standard InChI is InChI=1S/C15H22N2O2/c1-12(16-2)6-5-10-17-13-7-3-4-8-14(13)19-11-9-15(17)18/h3-4,7-8,12,16H,5-6,9-11H2,1-2H3. The zero-order valence-electron chi connectivity index (χ0n) is 11.7. The Morgan fingerprint density at radius 3 is 3.00 bits per heavy atom. The van der Waals surface area contributed by atoms with E-state index in [1.807, 2.05) is 36.2 Å². The first-order chi connectivity index (χ1) is 9.22. The molecule has 1 aromatic rings. The lowest BCUT2D eigenvalue weighted by molar-refractivity contribution is -0.118. The number of hydrogen-bond acceptors (Lipinski definition) is 3. The summed E-state index contributed by atoms with van der Waals surface area (Å²) in [6.07, 6.45) is 2.50. The summed E-state index contributed by atoms with van der Waals surface area (Å²) in [6, 6.07) is 8.26. The average molecular weight is 262 g/mol. The SMILES string of the molecule is CNC(C)CCCN1C(=O)CCOc2ccccc21. The normalized spacial score (nSPS) is 16.5.